The average molecular weight is 275 g/mol. The van der Waals surface area contributed by atoms with Crippen LogP contribution in [0.3, 0.4) is 0 Å². The summed E-state index contributed by atoms with van der Waals surface area (Å²) in [5.74, 6) is 0.582. The summed E-state index contributed by atoms with van der Waals surface area (Å²) in [5, 5.41) is 4.10. The molecule has 0 saturated heterocycles. The zero-order valence-electron chi connectivity index (χ0n) is 11.1. The van der Waals surface area contributed by atoms with Gasteiger partial charge in [-0.05, 0) is 12.1 Å². The minimum atomic E-state index is 0.123. The van der Waals surface area contributed by atoms with Gasteiger partial charge in [0.15, 0.2) is 0 Å². The van der Waals surface area contributed by atoms with Gasteiger partial charge in [0.25, 0.3) is 0 Å². The fraction of sp³-hybridized carbons (Fsp3) is 0.286. The number of amides is 1. The summed E-state index contributed by atoms with van der Waals surface area (Å²) in [6.45, 7) is 0.599. The maximum Gasteiger partial charge on any atom is 0.232 e. The average Bonchev–Trinajstić information content (AvgIpc) is 2.82. The van der Waals surface area contributed by atoms with Crippen LogP contribution in [0.5, 0.6) is 0 Å². The van der Waals surface area contributed by atoms with Gasteiger partial charge in [0.05, 0.1) is 11.9 Å². The second-order valence-electron chi connectivity index (χ2n) is 4.37. The molecule has 19 heavy (non-hydrogen) atoms. The highest BCUT2D eigenvalue weighted by molar-refractivity contribution is 8.00. The molecule has 0 N–H and O–H groups in total. The molecule has 1 heterocycles. The summed E-state index contributed by atoms with van der Waals surface area (Å²) in [6, 6.07) is 9.96. The van der Waals surface area contributed by atoms with Crippen LogP contribution in [0.4, 0.5) is 0 Å². The number of carbonyl (C=O) groups is 1. The molecule has 1 aromatic heterocycles. The van der Waals surface area contributed by atoms with Gasteiger partial charge in [0.2, 0.25) is 5.91 Å². The van der Waals surface area contributed by atoms with Gasteiger partial charge >= 0.3 is 0 Å². The molecule has 0 fully saturated rings. The molecule has 0 unspecified atom stereocenters. The summed E-state index contributed by atoms with van der Waals surface area (Å²) in [6.07, 6.45) is 3.71. The number of hydrogen-bond acceptors (Lipinski definition) is 3. The minimum absolute atomic E-state index is 0.123. The first-order valence-corrected chi connectivity index (χ1v) is 7.03. The topological polar surface area (TPSA) is 38.1 Å². The van der Waals surface area contributed by atoms with Crippen LogP contribution in [-0.2, 0) is 18.4 Å². The Morgan fingerprint density at radius 3 is 2.74 bits per heavy atom. The lowest BCUT2D eigenvalue weighted by Gasteiger charge is -2.15. The third-order valence-corrected chi connectivity index (χ3v) is 3.71. The Morgan fingerprint density at radius 2 is 2.11 bits per heavy atom. The largest absolute Gasteiger partial charge is 0.341 e. The Balaban J connectivity index is 1.82. The molecule has 0 radical (unpaired) electrons. The molecule has 0 bridgehead atoms. The van der Waals surface area contributed by atoms with Gasteiger partial charge in [-0.1, -0.05) is 18.2 Å². The first-order valence-electron chi connectivity index (χ1n) is 6.04. The van der Waals surface area contributed by atoms with Gasteiger partial charge in [-0.15, -0.1) is 11.8 Å². The van der Waals surface area contributed by atoms with Crippen LogP contribution in [0.2, 0.25) is 0 Å². The van der Waals surface area contributed by atoms with E-state index in [9.17, 15) is 4.79 Å². The zero-order valence-corrected chi connectivity index (χ0v) is 11.9. The van der Waals surface area contributed by atoms with E-state index in [0.717, 1.165) is 10.5 Å². The Hall–Kier alpha value is -1.75. The van der Waals surface area contributed by atoms with Crippen LogP contribution in [-0.4, -0.2) is 33.4 Å². The van der Waals surface area contributed by atoms with E-state index >= 15 is 0 Å². The number of thioether (sulfide) groups is 1. The number of nitrogens with zero attached hydrogens (tertiary/aromatic N) is 3. The molecule has 1 aromatic carbocycles. The lowest BCUT2D eigenvalue weighted by molar-refractivity contribution is -0.127. The van der Waals surface area contributed by atoms with Crippen molar-refractivity contribution < 1.29 is 4.79 Å². The van der Waals surface area contributed by atoms with Crippen molar-refractivity contribution >= 4 is 17.7 Å². The zero-order chi connectivity index (χ0) is 13.7. The van der Waals surface area contributed by atoms with Crippen LogP contribution >= 0.6 is 11.8 Å². The van der Waals surface area contributed by atoms with Crippen LogP contribution < -0.4 is 0 Å². The van der Waals surface area contributed by atoms with Crippen molar-refractivity contribution in [2.75, 3.05) is 12.8 Å². The molecule has 2 rings (SSSR count). The summed E-state index contributed by atoms with van der Waals surface area (Å²) in [5.41, 5.74) is 1.04. The van der Waals surface area contributed by atoms with Gasteiger partial charge in [-0.3, -0.25) is 9.48 Å². The number of carbonyl (C=O) groups excluding carboxylic acids is 1. The van der Waals surface area contributed by atoms with Crippen LogP contribution in [0, 0.1) is 0 Å². The summed E-state index contributed by atoms with van der Waals surface area (Å²) < 4.78 is 1.74. The van der Waals surface area contributed by atoms with Crippen molar-refractivity contribution in [3.63, 3.8) is 0 Å². The van der Waals surface area contributed by atoms with Gasteiger partial charge < -0.3 is 4.90 Å². The molecule has 0 aliphatic carbocycles. The highest BCUT2D eigenvalue weighted by atomic mass is 32.2. The Labute approximate surface area is 117 Å². The second kappa shape index (κ2) is 6.43. The summed E-state index contributed by atoms with van der Waals surface area (Å²) in [7, 11) is 3.69. The van der Waals surface area contributed by atoms with Crippen molar-refractivity contribution in [2.45, 2.75) is 11.4 Å². The van der Waals surface area contributed by atoms with Gasteiger partial charge in [0, 0.05) is 37.3 Å². The van der Waals surface area contributed by atoms with E-state index in [0.29, 0.717) is 12.3 Å². The number of aryl methyl sites for hydroxylation is 1. The molecule has 5 heteroatoms. The van der Waals surface area contributed by atoms with Crippen LogP contribution in [0.15, 0.2) is 47.6 Å². The van der Waals surface area contributed by atoms with E-state index in [1.165, 1.54) is 0 Å². The normalized spacial score (nSPS) is 10.4. The smallest absolute Gasteiger partial charge is 0.232 e. The summed E-state index contributed by atoms with van der Waals surface area (Å²) >= 11 is 1.56. The molecule has 4 nitrogen and oxygen atoms in total. The fourth-order valence-electron chi connectivity index (χ4n) is 1.69. The molecule has 0 spiro atoms. The molecule has 0 aliphatic heterocycles. The monoisotopic (exact) mass is 275 g/mol. The molecule has 100 valence electrons. The first-order chi connectivity index (χ1) is 9.15. The Morgan fingerprint density at radius 1 is 1.37 bits per heavy atom. The predicted molar refractivity (Wildman–Crippen MR) is 76.8 cm³/mol. The number of rotatable bonds is 5. The van der Waals surface area contributed by atoms with Crippen molar-refractivity contribution in [1.82, 2.24) is 14.7 Å². The molecule has 2 aromatic rings. The molecular formula is C14H17N3OS. The Bertz CT molecular complexity index is 539. The van der Waals surface area contributed by atoms with Crippen molar-refractivity contribution in [3.8, 4) is 0 Å². The predicted octanol–water partition coefficient (Wildman–Crippen LogP) is 2.17. The quantitative estimate of drug-likeness (QED) is 0.785. The van der Waals surface area contributed by atoms with E-state index < -0.39 is 0 Å². The molecule has 0 atom stereocenters. The standard InChI is InChI=1S/C14H17N3OS/c1-16(9-12-8-15-17(2)10-12)14(18)11-19-13-6-4-3-5-7-13/h3-8,10H,9,11H2,1-2H3. The van der Waals surface area contributed by atoms with E-state index in [-0.39, 0.29) is 5.91 Å². The molecule has 0 aliphatic rings. The van der Waals surface area contributed by atoms with Crippen molar-refractivity contribution in [2.24, 2.45) is 7.05 Å². The minimum Gasteiger partial charge on any atom is -0.341 e. The molecule has 1 amide bonds. The first kappa shape index (κ1) is 13.7. The maximum absolute atomic E-state index is 12.0. The van der Waals surface area contributed by atoms with Crippen LogP contribution in [0.1, 0.15) is 5.56 Å². The highest BCUT2D eigenvalue weighted by Gasteiger charge is 2.10. The van der Waals surface area contributed by atoms with Crippen LogP contribution in [0.25, 0.3) is 0 Å². The number of benzene rings is 1. The number of aromatic nitrogens is 2. The molecule has 0 saturated carbocycles. The SMILES string of the molecule is CN(Cc1cnn(C)c1)C(=O)CSc1ccccc1. The number of hydrogen-bond donors (Lipinski definition) is 0. The lowest BCUT2D eigenvalue weighted by Crippen LogP contribution is -2.27. The van der Waals surface area contributed by atoms with Crippen molar-refractivity contribution in [1.29, 1.82) is 0 Å². The van der Waals surface area contributed by atoms with E-state index in [1.807, 2.05) is 50.6 Å². The fourth-order valence-corrected chi connectivity index (χ4v) is 2.55. The third-order valence-electron chi connectivity index (χ3n) is 2.71. The second-order valence-corrected chi connectivity index (χ2v) is 5.42. The lowest BCUT2D eigenvalue weighted by atomic mass is 10.3. The van der Waals surface area contributed by atoms with E-state index in [4.69, 9.17) is 0 Å². The van der Waals surface area contributed by atoms with Gasteiger partial charge in [0.1, 0.15) is 0 Å². The maximum atomic E-state index is 12.0. The highest BCUT2D eigenvalue weighted by Crippen LogP contribution is 2.17. The third kappa shape index (κ3) is 4.13. The van der Waals surface area contributed by atoms with Gasteiger partial charge in [-0.25, -0.2) is 0 Å². The van der Waals surface area contributed by atoms with Gasteiger partial charge in [-0.2, -0.15) is 5.10 Å². The van der Waals surface area contributed by atoms with Crippen molar-refractivity contribution in [3.05, 3.63) is 48.3 Å². The summed E-state index contributed by atoms with van der Waals surface area (Å²) in [4.78, 5) is 14.9. The molecular weight excluding hydrogens is 258 g/mol. The van der Waals surface area contributed by atoms with E-state index in [1.54, 1.807) is 27.5 Å². The van der Waals surface area contributed by atoms with E-state index in [2.05, 4.69) is 5.10 Å². The Kier molecular flexibility index (Phi) is 4.63.